The summed E-state index contributed by atoms with van der Waals surface area (Å²) in [6.07, 6.45) is 8.84. The van der Waals surface area contributed by atoms with Gasteiger partial charge in [-0.1, -0.05) is 25.0 Å². The van der Waals surface area contributed by atoms with Crippen molar-refractivity contribution in [3.8, 4) is 11.1 Å². The molecule has 1 fully saturated rings. The monoisotopic (exact) mass is 452 g/mol. The Hall–Kier alpha value is -3.01. The third-order valence-corrected chi connectivity index (χ3v) is 7.28. The molecule has 1 aliphatic rings. The predicted molar refractivity (Wildman–Crippen MR) is 128 cm³/mol. The summed E-state index contributed by atoms with van der Waals surface area (Å²) in [5, 5.41) is 4.09. The van der Waals surface area contributed by atoms with Gasteiger partial charge >= 0.3 is 0 Å². The SMILES string of the molecule is C=NC=CNCc1cc2c(-c3ccc(S(=O)(=O)NCC4(N)CCCC4)cc3)ccnc2[nH]1. The molecule has 0 atom stereocenters. The number of aromatic nitrogens is 2. The minimum absolute atomic E-state index is 0.231. The number of aliphatic imine (C=N–C) groups is 1. The van der Waals surface area contributed by atoms with Gasteiger partial charge in [-0.2, -0.15) is 0 Å². The second kappa shape index (κ2) is 9.23. The van der Waals surface area contributed by atoms with Crippen LogP contribution in [0.2, 0.25) is 0 Å². The molecule has 3 aromatic rings. The highest BCUT2D eigenvalue weighted by Gasteiger charge is 2.30. The van der Waals surface area contributed by atoms with Crippen LogP contribution in [0.25, 0.3) is 22.2 Å². The van der Waals surface area contributed by atoms with Gasteiger partial charge in [0.15, 0.2) is 0 Å². The first kappa shape index (κ1) is 22.2. The first-order valence-corrected chi connectivity index (χ1v) is 12.1. The molecule has 2 heterocycles. The van der Waals surface area contributed by atoms with Gasteiger partial charge in [-0.25, -0.2) is 18.1 Å². The molecule has 0 amide bonds. The number of nitrogens with zero attached hydrogens (tertiary/aromatic N) is 2. The van der Waals surface area contributed by atoms with Crippen molar-refractivity contribution in [1.29, 1.82) is 0 Å². The number of sulfonamides is 1. The van der Waals surface area contributed by atoms with E-state index in [1.165, 1.54) is 0 Å². The molecule has 1 aliphatic carbocycles. The lowest BCUT2D eigenvalue weighted by atomic mass is 10.0. The minimum atomic E-state index is -3.61. The van der Waals surface area contributed by atoms with Crippen LogP contribution in [-0.4, -0.2) is 37.2 Å². The van der Waals surface area contributed by atoms with Crippen LogP contribution in [0.4, 0.5) is 0 Å². The highest BCUT2D eigenvalue weighted by molar-refractivity contribution is 7.89. The molecule has 5 N–H and O–H groups in total. The molecule has 0 spiro atoms. The Labute approximate surface area is 188 Å². The van der Waals surface area contributed by atoms with Crippen LogP contribution in [0.3, 0.4) is 0 Å². The molecular weight excluding hydrogens is 424 g/mol. The topological polar surface area (TPSA) is 125 Å². The fourth-order valence-corrected chi connectivity index (χ4v) is 5.23. The average molecular weight is 453 g/mol. The Morgan fingerprint density at radius 1 is 1.22 bits per heavy atom. The van der Waals surface area contributed by atoms with Crippen LogP contribution in [0, 0.1) is 0 Å². The zero-order chi connectivity index (χ0) is 22.6. The van der Waals surface area contributed by atoms with E-state index in [1.807, 2.05) is 24.3 Å². The van der Waals surface area contributed by atoms with Gasteiger partial charge in [0.25, 0.3) is 0 Å². The van der Waals surface area contributed by atoms with Crippen molar-refractivity contribution in [1.82, 2.24) is 20.0 Å². The van der Waals surface area contributed by atoms with E-state index >= 15 is 0 Å². The van der Waals surface area contributed by atoms with Crippen molar-refractivity contribution in [2.24, 2.45) is 10.7 Å². The molecule has 32 heavy (non-hydrogen) atoms. The van der Waals surface area contributed by atoms with E-state index in [1.54, 1.807) is 30.7 Å². The van der Waals surface area contributed by atoms with Crippen LogP contribution in [0.5, 0.6) is 0 Å². The number of pyridine rings is 1. The predicted octanol–water partition coefficient (Wildman–Crippen LogP) is 3.04. The van der Waals surface area contributed by atoms with Gasteiger partial charge in [0.05, 0.1) is 11.4 Å². The number of H-pyrrole nitrogens is 1. The summed E-state index contributed by atoms with van der Waals surface area (Å²) in [4.78, 5) is 11.6. The largest absolute Gasteiger partial charge is 0.384 e. The smallest absolute Gasteiger partial charge is 0.240 e. The highest BCUT2D eigenvalue weighted by atomic mass is 32.2. The van der Waals surface area contributed by atoms with E-state index < -0.39 is 15.6 Å². The van der Waals surface area contributed by atoms with Crippen molar-refractivity contribution in [2.75, 3.05) is 6.54 Å². The molecule has 1 aromatic carbocycles. The van der Waals surface area contributed by atoms with Gasteiger partial charge in [0.1, 0.15) is 5.65 Å². The van der Waals surface area contributed by atoms with Crippen molar-refractivity contribution in [2.45, 2.75) is 42.7 Å². The lowest BCUT2D eigenvalue weighted by Gasteiger charge is -2.23. The van der Waals surface area contributed by atoms with Gasteiger partial charge in [0.2, 0.25) is 10.0 Å². The molecule has 1 saturated carbocycles. The van der Waals surface area contributed by atoms with Crippen LogP contribution >= 0.6 is 0 Å². The fourth-order valence-electron chi connectivity index (χ4n) is 4.09. The standard InChI is InChI=1S/C23H28N6O2S/c1-25-12-13-26-15-18-14-21-20(8-11-27-22(21)29-18)17-4-6-19(7-5-17)32(30,31)28-16-23(24)9-2-3-10-23/h4-8,11-14,26,28H,1-3,9-10,15-16,24H2,(H,27,29). The second-order valence-corrected chi connectivity index (χ2v) is 9.98. The van der Waals surface area contributed by atoms with Crippen LogP contribution in [0.1, 0.15) is 31.4 Å². The Balaban J connectivity index is 1.52. The maximum Gasteiger partial charge on any atom is 0.240 e. The number of aromatic amines is 1. The minimum Gasteiger partial charge on any atom is -0.384 e. The zero-order valence-corrected chi connectivity index (χ0v) is 18.7. The highest BCUT2D eigenvalue weighted by Crippen LogP contribution is 2.30. The molecule has 0 radical (unpaired) electrons. The average Bonchev–Trinajstić information content (AvgIpc) is 3.42. The normalized spacial score (nSPS) is 16.0. The third kappa shape index (κ3) is 4.90. The molecule has 8 nitrogen and oxygen atoms in total. The third-order valence-electron chi connectivity index (χ3n) is 5.87. The number of nitrogens with two attached hydrogens (primary N) is 1. The first-order chi connectivity index (χ1) is 15.4. The second-order valence-electron chi connectivity index (χ2n) is 8.21. The van der Waals surface area contributed by atoms with E-state index in [4.69, 9.17) is 5.73 Å². The van der Waals surface area contributed by atoms with Gasteiger partial charge < -0.3 is 16.0 Å². The fraction of sp³-hybridized carbons (Fsp3) is 0.304. The Kier molecular flexibility index (Phi) is 6.40. The van der Waals surface area contributed by atoms with Crippen LogP contribution in [-0.2, 0) is 16.6 Å². The van der Waals surface area contributed by atoms with Crippen LogP contribution in [0.15, 0.2) is 64.9 Å². The van der Waals surface area contributed by atoms with E-state index in [-0.39, 0.29) is 11.4 Å². The number of nitrogens with one attached hydrogen (secondary N) is 3. The van der Waals surface area contributed by atoms with Crippen molar-refractivity contribution in [3.05, 3.63) is 60.7 Å². The first-order valence-electron chi connectivity index (χ1n) is 10.6. The van der Waals surface area contributed by atoms with E-state index in [2.05, 4.69) is 31.7 Å². The molecule has 2 aromatic heterocycles. The maximum atomic E-state index is 12.7. The summed E-state index contributed by atoms with van der Waals surface area (Å²) >= 11 is 0. The Morgan fingerprint density at radius 3 is 2.69 bits per heavy atom. The van der Waals surface area contributed by atoms with Crippen molar-refractivity contribution >= 4 is 27.8 Å². The lowest BCUT2D eigenvalue weighted by molar-refractivity contribution is 0.431. The number of hydrogen-bond acceptors (Lipinski definition) is 6. The maximum absolute atomic E-state index is 12.7. The van der Waals surface area contributed by atoms with Crippen molar-refractivity contribution < 1.29 is 8.42 Å². The summed E-state index contributed by atoms with van der Waals surface area (Å²) in [7, 11) is -3.61. The number of benzene rings is 1. The summed E-state index contributed by atoms with van der Waals surface area (Å²) in [5.41, 5.74) is 9.49. The van der Waals surface area contributed by atoms with Gasteiger partial charge in [0, 0.05) is 41.8 Å². The molecule has 4 rings (SSSR count). The molecule has 0 unspecified atom stereocenters. The molecule has 0 saturated heterocycles. The van der Waals surface area contributed by atoms with Gasteiger partial charge in [-0.3, -0.25) is 4.99 Å². The number of rotatable bonds is 9. The lowest BCUT2D eigenvalue weighted by Crippen LogP contribution is -2.47. The zero-order valence-electron chi connectivity index (χ0n) is 17.8. The summed E-state index contributed by atoms with van der Waals surface area (Å²) in [5.74, 6) is 0. The summed E-state index contributed by atoms with van der Waals surface area (Å²) in [6, 6.07) is 10.9. The van der Waals surface area contributed by atoms with Crippen molar-refractivity contribution in [3.63, 3.8) is 0 Å². The molecule has 0 aliphatic heterocycles. The van der Waals surface area contributed by atoms with E-state index in [0.717, 1.165) is 53.5 Å². The van der Waals surface area contributed by atoms with Crippen LogP contribution < -0.4 is 15.8 Å². The number of hydrogen-bond donors (Lipinski definition) is 4. The van der Waals surface area contributed by atoms with Gasteiger partial charge in [-0.05, 0) is 55.0 Å². The van der Waals surface area contributed by atoms with E-state index in [9.17, 15) is 8.42 Å². The summed E-state index contributed by atoms with van der Waals surface area (Å²) < 4.78 is 28.2. The van der Waals surface area contributed by atoms with Gasteiger partial charge in [-0.15, -0.1) is 0 Å². The number of fused-ring (bicyclic) bond motifs is 1. The Morgan fingerprint density at radius 2 is 1.97 bits per heavy atom. The molecule has 0 bridgehead atoms. The summed E-state index contributed by atoms with van der Waals surface area (Å²) in [6.45, 7) is 4.25. The molecule has 168 valence electrons. The Bertz CT molecular complexity index is 1230. The molecule has 9 heteroatoms. The molecular formula is C23H28N6O2S. The quantitative estimate of drug-likeness (QED) is 0.371. The van der Waals surface area contributed by atoms with E-state index in [0.29, 0.717) is 6.54 Å².